The lowest BCUT2D eigenvalue weighted by molar-refractivity contribution is 0.100. The van der Waals surface area contributed by atoms with Crippen LogP contribution in [-0.4, -0.2) is 27.3 Å². The minimum atomic E-state index is -1.07. The molecule has 2 amide bonds. The van der Waals surface area contributed by atoms with E-state index in [1.54, 1.807) is 18.2 Å². The van der Waals surface area contributed by atoms with Crippen molar-refractivity contribution in [3.8, 4) is 11.3 Å². The molecule has 1 atom stereocenters. The number of primary amides is 1. The largest absolute Gasteiger partial charge is 0.465 e. The van der Waals surface area contributed by atoms with Crippen LogP contribution in [0.3, 0.4) is 0 Å². The van der Waals surface area contributed by atoms with Gasteiger partial charge in [0.1, 0.15) is 0 Å². The molecule has 1 unspecified atom stereocenters. The molecule has 0 aliphatic heterocycles. The van der Waals surface area contributed by atoms with Gasteiger partial charge in [-0.15, -0.1) is 0 Å². The first-order chi connectivity index (χ1) is 12.7. The molecule has 0 aliphatic rings. The monoisotopic (exact) mass is 366 g/mol. The summed E-state index contributed by atoms with van der Waals surface area (Å²) in [5.74, 6) is -0.503. The molecule has 5 N–H and O–H groups in total. The predicted molar refractivity (Wildman–Crippen MR) is 103 cm³/mol. The van der Waals surface area contributed by atoms with Crippen molar-refractivity contribution < 1.29 is 14.7 Å². The minimum absolute atomic E-state index is 0.316. The highest BCUT2D eigenvalue weighted by molar-refractivity contribution is 6.00. The highest BCUT2D eigenvalue weighted by atomic mass is 16.4. The maximum absolute atomic E-state index is 11.5. The van der Waals surface area contributed by atoms with Gasteiger partial charge in [0.25, 0.3) is 0 Å². The molecule has 140 valence electrons. The summed E-state index contributed by atoms with van der Waals surface area (Å²) in [5.41, 5.74) is 8.60. The lowest BCUT2D eigenvalue weighted by atomic mass is 9.82. The Bertz CT molecular complexity index is 1020. The lowest BCUT2D eigenvalue weighted by Gasteiger charge is -2.31. The number of H-pyrrole nitrogens is 1. The molecule has 3 aromatic rings. The third-order valence-corrected chi connectivity index (χ3v) is 4.47. The van der Waals surface area contributed by atoms with Crippen LogP contribution in [0.4, 0.5) is 4.79 Å². The number of fused-ring (bicyclic) bond motifs is 1. The Morgan fingerprint density at radius 1 is 1.19 bits per heavy atom. The van der Waals surface area contributed by atoms with Crippen molar-refractivity contribution in [1.82, 2.24) is 15.5 Å². The number of amides is 2. The fourth-order valence-electron chi connectivity index (χ4n) is 3.18. The van der Waals surface area contributed by atoms with E-state index in [9.17, 15) is 14.7 Å². The maximum atomic E-state index is 11.5. The Hall–Kier alpha value is -3.35. The molecule has 1 heterocycles. The van der Waals surface area contributed by atoms with Crippen molar-refractivity contribution in [2.45, 2.75) is 26.8 Å². The van der Waals surface area contributed by atoms with Gasteiger partial charge in [0.05, 0.1) is 17.3 Å². The predicted octanol–water partition coefficient (Wildman–Crippen LogP) is 3.68. The standard InChI is InChI=1S/C20H22N4O3/c1-20(2,3)17(22-19(26)27)12-6-4-5-11(9-12)16-14-10-13(18(21)25)7-8-15(14)23-24-16/h4-10,17,22H,1-3H3,(H2,21,25)(H,23,24)(H,26,27). The first kappa shape index (κ1) is 18.4. The zero-order chi connectivity index (χ0) is 19.8. The molecule has 0 spiro atoms. The molecule has 0 radical (unpaired) electrons. The van der Waals surface area contributed by atoms with Gasteiger partial charge in [0, 0.05) is 16.5 Å². The first-order valence-electron chi connectivity index (χ1n) is 8.54. The minimum Gasteiger partial charge on any atom is -0.465 e. The van der Waals surface area contributed by atoms with Gasteiger partial charge in [-0.2, -0.15) is 5.10 Å². The number of nitrogens with one attached hydrogen (secondary N) is 2. The number of nitrogens with zero attached hydrogens (tertiary/aromatic N) is 1. The van der Waals surface area contributed by atoms with Gasteiger partial charge < -0.3 is 16.2 Å². The number of carbonyl (C=O) groups excluding carboxylic acids is 1. The SMILES string of the molecule is CC(C)(C)C(NC(=O)O)c1cccc(-c2n[nH]c3ccc(C(N)=O)cc23)c1. The van der Waals surface area contributed by atoms with Crippen LogP contribution in [0.1, 0.15) is 42.7 Å². The Morgan fingerprint density at radius 3 is 2.56 bits per heavy atom. The molecule has 7 heteroatoms. The summed E-state index contributed by atoms with van der Waals surface area (Å²) in [4.78, 5) is 22.7. The van der Waals surface area contributed by atoms with E-state index < -0.39 is 12.0 Å². The molecule has 0 aliphatic carbocycles. The Morgan fingerprint density at radius 2 is 1.93 bits per heavy atom. The first-order valence-corrected chi connectivity index (χ1v) is 8.54. The fraction of sp³-hybridized carbons (Fsp3) is 0.250. The van der Waals surface area contributed by atoms with E-state index in [2.05, 4.69) is 15.5 Å². The van der Waals surface area contributed by atoms with Gasteiger partial charge in [-0.3, -0.25) is 9.89 Å². The average Bonchev–Trinajstić information content (AvgIpc) is 3.01. The second-order valence-electron chi connectivity index (χ2n) is 7.57. The number of hydrogen-bond donors (Lipinski definition) is 4. The Kier molecular flexibility index (Phi) is 4.61. The lowest BCUT2D eigenvalue weighted by Crippen LogP contribution is -2.35. The summed E-state index contributed by atoms with van der Waals surface area (Å²) in [6, 6.07) is 12.3. The number of rotatable bonds is 4. The number of carboxylic acid groups (broad SMARTS) is 1. The van der Waals surface area contributed by atoms with E-state index >= 15 is 0 Å². The molecule has 0 saturated carbocycles. The van der Waals surface area contributed by atoms with E-state index in [1.807, 2.05) is 45.0 Å². The summed E-state index contributed by atoms with van der Waals surface area (Å²) < 4.78 is 0. The van der Waals surface area contributed by atoms with E-state index in [0.717, 1.165) is 22.0 Å². The van der Waals surface area contributed by atoms with Gasteiger partial charge in [-0.05, 0) is 35.2 Å². The number of carbonyl (C=O) groups is 2. The number of hydrogen-bond acceptors (Lipinski definition) is 3. The molecule has 3 rings (SSSR count). The second-order valence-corrected chi connectivity index (χ2v) is 7.57. The highest BCUT2D eigenvalue weighted by Gasteiger charge is 2.28. The van der Waals surface area contributed by atoms with E-state index in [4.69, 9.17) is 5.73 Å². The molecule has 0 bridgehead atoms. The molecular weight excluding hydrogens is 344 g/mol. The molecule has 2 aromatic carbocycles. The highest BCUT2D eigenvalue weighted by Crippen LogP contribution is 2.35. The zero-order valence-electron chi connectivity index (χ0n) is 15.4. The van der Waals surface area contributed by atoms with E-state index in [0.29, 0.717) is 11.3 Å². The molecule has 7 nitrogen and oxygen atoms in total. The number of benzene rings is 2. The van der Waals surface area contributed by atoms with Gasteiger partial charge in [-0.25, -0.2) is 4.79 Å². The van der Waals surface area contributed by atoms with Crippen LogP contribution in [0, 0.1) is 5.41 Å². The van der Waals surface area contributed by atoms with Gasteiger partial charge in [0.2, 0.25) is 5.91 Å². The summed E-state index contributed by atoms with van der Waals surface area (Å²) in [6.45, 7) is 5.93. The van der Waals surface area contributed by atoms with Crippen LogP contribution in [0.2, 0.25) is 0 Å². The summed E-state index contributed by atoms with van der Waals surface area (Å²) in [5, 5.41) is 19.9. The summed E-state index contributed by atoms with van der Waals surface area (Å²) in [6.07, 6.45) is -1.07. The van der Waals surface area contributed by atoms with Crippen molar-refractivity contribution in [2.75, 3.05) is 0 Å². The van der Waals surface area contributed by atoms with Crippen molar-refractivity contribution in [3.63, 3.8) is 0 Å². The zero-order valence-corrected chi connectivity index (χ0v) is 15.4. The van der Waals surface area contributed by atoms with Crippen molar-refractivity contribution in [1.29, 1.82) is 0 Å². The van der Waals surface area contributed by atoms with Crippen LogP contribution in [0.25, 0.3) is 22.2 Å². The Labute approximate surface area is 156 Å². The van der Waals surface area contributed by atoms with Crippen LogP contribution in [0.5, 0.6) is 0 Å². The van der Waals surface area contributed by atoms with Gasteiger partial charge >= 0.3 is 6.09 Å². The van der Waals surface area contributed by atoms with Crippen molar-refractivity contribution in [3.05, 3.63) is 53.6 Å². The van der Waals surface area contributed by atoms with E-state index in [-0.39, 0.29) is 11.5 Å². The van der Waals surface area contributed by atoms with Gasteiger partial charge in [-0.1, -0.05) is 39.0 Å². The maximum Gasteiger partial charge on any atom is 0.405 e. The molecule has 1 aromatic heterocycles. The van der Waals surface area contributed by atoms with E-state index in [1.165, 1.54) is 0 Å². The van der Waals surface area contributed by atoms with Crippen LogP contribution in [0.15, 0.2) is 42.5 Å². The van der Waals surface area contributed by atoms with Crippen LogP contribution < -0.4 is 11.1 Å². The molecule has 0 saturated heterocycles. The van der Waals surface area contributed by atoms with Crippen molar-refractivity contribution >= 4 is 22.9 Å². The summed E-state index contributed by atoms with van der Waals surface area (Å²) >= 11 is 0. The van der Waals surface area contributed by atoms with Crippen LogP contribution >= 0.6 is 0 Å². The quantitative estimate of drug-likeness (QED) is 0.562. The fourth-order valence-corrected chi connectivity index (χ4v) is 3.18. The van der Waals surface area contributed by atoms with Crippen LogP contribution in [-0.2, 0) is 0 Å². The normalized spacial score (nSPS) is 12.7. The number of aromatic amines is 1. The third-order valence-electron chi connectivity index (χ3n) is 4.47. The molecular formula is C20H22N4O3. The smallest absolute Gasteiger partial charge is 0.405 e. The van der Waals surface area contributed by atoms with Crippen molar-refractivity contribution in [2.24, 2.45) is 11.1 Å². The summed E-state index contributed by atoms with van der Waals surface area (Å²) in [7, 11) is 0. The van der Waals surface area contributed by atoms with Gasteiger partial charge in [0.15, 0.2) is 0 Å². The average molecular weight is 366 g/mol. The topological polar surface area (TPSA) is 121 Å². The Balaban J connectivity index is 2.10. The molecule has 27 heavy (non-hydrogen) atoms. The number of aromatic nitrogens is 2. The molecule has 0 fully saturated rings. The second kappa shape index (κ2) is 6.75. The third kappa shape index (κ3) is 3.76. The number of nitrogens with two attached hydrogens (primary N) is 1.